The number of carboxylic acid groups (broad SMARTS) is 1. The van der Waals surface area contributed by atoms with Crippen molar-refractivity contribution in [3.05, 3.63) is 53.3 Å². The van der Waals surface area contributed by atoms with Crippen LogP contribution in [0.2, 0.25) is 5.02 Å². The lowest BCUT2D eigenvalue weighted by atomic mass is 10.1. The van der Waals surface area contributed by atoms with Gasteiger partial charge in [0.1, 0.15) is 12.4 Å². The van der Waals surface area contributed by atoms with Gasteiger partial charge in [-0.05, 0) is 44.2 Å². The van der Waals surface area contributed by atoms with E-state index in [1.807, 2.05) is 13.8 Å². The highest BCUT2D eigenvalue weighted by Gasteiger charge is 2.20. The molecule has 162 valence electrons. The predicted molar refractivity (Wildman–Crippen MR) is 115 cm³/mol. The van der Waals surface area contributed by atoms with Crippen LogP contribution in [-0.4, -0.2) is 66.4 Å². The highest BCUT2D eigenvalue weighted by atomic mass is 35.5. The molecule has 0 saturated carbocycles. The Morgan fingerprint density at radius 1 is 1.13 bits per heavy atom. The molecule has 30 heavy (non-hydrogen) atoms. The normalized spacial score (nSPS) is 10.7. The van der Waals surface area contributed by atoms with Crippen LogP contribution in [0, 0.1) is 0 Å². The van der Waals surface area contributed by atoms with Crippen LogP contribution >= 0.6 is 11.6 Å². The number of halogens is 1. The molecule has 0 aliphatic rings. The zero-order valence-corrected chi connectivity index (χ0v) is 18.0. The van der Waals surface area contributed by atoms with Crippen LogP contribution in [0.3, 0.4) is 0 Å². The maximum Gasteiger partial charge on any atom is 0.411 e. The highest BCUT2D eigenvalue weighted by Crippen LogP contribution is 2.23. The van der Waals surface area contributed by atoms with E-state index in [1.54, 1.807) is 42.3 Å². The number of carbonyl (C=O) groups is 2. The van der Waals surface area contributed by atoms with E-state index in [9.17, 15) is 14.7 Å². The van der Waals surface area contributed by atoms with Gasteiger partial charge in [0.2, 0.25) is 0 Å². The van der Waals surface area contributed by atoms with Gasteiger partial charge in [0, 0.05) is 42.7 Å². The van der Waals surface area contributed by atoms with Crippen LogP contribution < -0.4 is 9.64 Å². The van der Waals surface area contributed by atoms with E-state index in [0.29, 0.717) is 35.2 Å². The molecule has 1 heterocycles. The number of carbonyl (C=O) groups excluding carboxylic acids is 1. The molecule has 2 aromatic rings. The molecule has 0 radical (unpaired) electrons. The summed E-state index contributed by atoms with van der Waals surface area (Å²) in [5.41, 5.74) is 0.889. The Bertz CT molecular complexity index is 848. The minimum Gasteiger partial charge on any atom is -0.492 e. The van der Waals surface area contributed by atoms with Crippen LogP contribution in [0.15, 0.2) is 42.7 Å². The average Bonchev–Trinajstić information content (AvgIpc) is 2.71. The maximum absolute atomic E-state index is 12.9. The Kier molecular flexibility index (Phi) is 8.89. The lowest BCUT2D eigenvalue weighted by Gasteiger charge is -2.27. The first kappa shape index (κ1) is 23.4. The lowest BCUT2D eigenvalue weighted by Crippen LogP contribution is -2.39. The number of anilines is 1. The zero-order valence-electron chi connectivity index (χ0n) is 17.2. The minimum absolute atomic E-state index is 0.0134. The van der Waals surface area contributed by atoms with Gasteiger partial charge < -0.3 is 19.5 Å². The van der Waals surface area contributed by atoms with Crippen LogP contribution in [0.25, 0.3) is 0 Å². The Morgan fingerprint density at radius 3 is 2.43 bits per heavy atom. The molecule has 2 amide bonds. The lowest BCUT2D eigenvalue weighted by molar-refractivity contribution is 0.0634. The Labute approximate surface area is 181 Å². The Hall–Kier alpha value is -2.84. The molecule has 0 aliphatic heterocycles. The van der Waals surface area contributed by atoms with Gasteiger partial charge in [-0.3, -0.25) is 14.7 Å². The molecule has 1 aromatic carbocycles. The van der Waals surface area contributed by atoms with Crippen molar-refractivity contribution in [2.24, 2.45) is 0 Å². The van der Waals surface area contributed by atoms with Gasteiger partial charge in [0.15, 0.2) is 0 Å². The van der Waals surface area contributed by atoms with Gasteiger partial charge in [0.25, 0.3) is 5.91 Å². The largest absolute Gasteiger partial charge is 0.492 e. The molecule has 0 bridgehead atoms. The van der Waals surface area contributed by atoms with Crippen LogP contribution in [-0.2, 0) is 4.74 Å². The quantitative estimate of drug-likeness (QED) is 0.610. The molecule has 0 saturated heterocycles. The first-order valence-corrected chi connectivity index (χ1v) is 9.85. The summed E-state index contributed by atoms with van der Waals surface area (Å²) in [6.07, 6.45) is 1.94. The second-order valence-corrected chi connectivity index (χ2v) is 7.19. The first-order valence-electron chi connectivity index (χ1n) is 9.47. The minimum atomic E-state index is -1.10. The number of rotatable bonds is 10. The van der Waals surface area contributed by atoms with Gasteiger partial charge in [-0.1, -0.05) is 11.6 Å². The summed E-state index contributed by atoms with van der Waals surface area (Å²) < 4.78 is 10.8. The second-order valence-electron chi connectivity index (χ2n) is 6.75. The van der Waals surface area contributed by atoms with E-state index in [2.05, 4.69) is 4.98 Å². The molecule has 0 aliphatic carbocycles. The third kappa shape index (κ3) is 6.60. The summed E-state index contributed by atoms with van der Waals surface area (Å²) in [6, 6.07) is 7.97. The zero-order chi connectivity index (χ0) is 22.1. The molecule has 1 aromatic heterocycles. The molecule has 9 heteroatoms. The maximum atomic E-state index is 12.9. The molecule has 0 unspecified atom stereocenters. The third-order valence-electron chi connectivity index (χ3n) is 4.33. The summed E-state index contributed by atoms with van der Waals surface area (Å²) in [7, 11) is 1.58. The van der Waals surface area contributed by atoms with Crippen molar-refractivity contribution in [1.29, 1.82) is 0 Å². The molecular weight excluding hydrogens is 410 g/mol. The number of benzene rings is 1. The summed E-state index contributed by atoms with van der Waals surface area (Å²) in [5, 5.41) is 9.79. The van der Waals surface area contributed by atoms with E-state index in [4.69, 9.17) is 21.1 Å². The highest BCUT2D eigenvalue weighted by molar-refractivity contribution is 6.31. The van der Waals surface area contributed by atoms with E-state index < -0.39 is 6.09 Å². The van der Waals surface area contributed by atoms with Crippen molar-refractivity contribution in [1.82, 2.24) is 9.88 Å². The molecule has 2 rings (SSSR count). The summed E-state index contributed by atoms with van der Waals surface area (Å²) >= 11 is 6.18. The molecular formula is C21H26ClN3O5. The number of amides is 2. The third-order valence-corrected chi connectivity index (χ3v) is 4.55. The number of pyridine rings is 1. The molecule has 0 atom stereocenters. The summed E-state index contributed by atoms with van der Waals surface area (Å²) in [5.74, 6) is 0.208. The number of methoxy groups -OCH3 is 1. The number of ether oxygens (including phenoxy) is 2. The molecule has 8 nitrogen and oxygen atoms in total. The Balaban J connectivity index is 2.09. The van der Waals surface area contributed by atoms with E-state index in [1.165, 1.54) is 12.4 Å². The fourth-order valence-electron chi connectivity index (χ4n) is 2.83. The van der Waals surface area contributed by atoms with Gasteiger partial charge in [-0.2, -0.15) is 0 Å². The van der Waals surface area contributed by atoms with Crippen molar-refractivity contribution in [3.63, 3.8) is 0 Å². The van der Waals surface area contributed by atoms with E-state index >= 15 is 0 Å². The average molecular weight is 436 g/mol. The summed E-state index contributed by atoms with van der Waals surface area (Å²) in [4.78, 5) is 31.2. The smallest absolute Gasteiger partial charge is 0.411 e. The molecule has 0 fully saturated rings. The van der Waals surface area contributed by atoms with Crippen molar-refractivity contribution < 1.29 is 24.2 Å². The van der Waals surface area contributed by atoms with Gasteiger partial charge in [-0.25, -0.2) is 4.79 Å². The topological polar surface area (TPSA) is 92.2 Å². The SMILES string of the molecule is COCCN(C(=O)c1cc(Cl)cc(OCCN(C(=O)O)c2ccncc2)c1)C(C)C. The van der Waals surface area contributed by atoms with E-state index in [-0.39, 0.29) is 25.1 Å². The number of hydrogen-bond donors (Lipinski definition) is 1. The van der Waals surface area contributed by atoms with Crippen molar-refractivity contribution in [3.8, 4) is 5.75 Å². The number of nitrogens with zero attached hydrogens (tertiary/aromatic N) is 3. The van der Waals surface area contributed by atoms with Crippen LogP contribution in [0.4, 0.5) is 10.5 Å². The van der Waals surface area contributed by atoms with Crippen LogP contribution in [0.5, 0.6) is 5.75 Å². The predicted octanol–water partition coefficient (Wildman–Crippen LogP) is 3.80. The number of hydrogen-bond acceptors (Lipinski definition) is 5. The van der Waals surface area contributed by atoms with Crippen molar-refractivity contribution in [2.45, 2.75) is 19.9 Å². The fourth-order valence-corrected chi connectivity index (χ4v) is 3.06. The first-order chi connectivity index (χ1) is 14.3. The van der Waals surface area contributed by atoms with Crippen molar-refractivity contribution >= 4 is 29.3 Å². The standard InChI is InChI=1S/C21H26ClN3O5/c1-15(2)24(8-10-29-3)20(26)16-12-17(22)14-19(13-16)30-11-9-25(21(27)28)18-4-6-23-7-5-18/h4-7,12-15H,8-11H2,1-3H3,(H,27,28). The van der Waals surface area contributed by atoms with Gasteiger partial charge in [0.05, 0.1) is 18.8 Å². The van der Waals surface area contributed by atoms with Crippen LogP contribution in [0.1, 0.15) is 24.2 Å². The van der Waals surface area contributed by atoms with Crippen molar-refractivity contribution in [2.75, 3.05) is 38.3 Å². The molecule has 0 spiro atoms. The van der Waals surface area contributed by atoms with Gasteiger partial charge in [-0.15, -0.1) is 0 Å². The van der Waals surface area contributed by atoms with E-state index in [0.717, 1.165) is 4.90 Å². The Morgan fingerprint density at radius 2 is 1.83 bits per heavy atom. The van der Waals surface area contributed by atoms with Gasteiger partial charge >= 0.3 is 6.09 Å². The monoisotopic (exact) mass is 435 g/mol. The second kappa shape index (κ2) is 11.4. The molecule has 1 N–H and O–H groups in total. The fraction of sp³-hybridized carbons (Fsp3) is 0.381. The summed E-state index contributed by atoms with van der Waals surface area (Å²) in [6.45, 7) is 4.91. The number of aromatic nitrogens is 1.